The maximum Gasteiger partial charge on any atom is 0.410 e. The number of rotatable bonds is 21. The Morgan fingerprint density at radius 2 is 0.707 bits per heavy atom. The van der Waals surface area contributed by atoms with Crippen LogP contribution in [0.1, 0.15) is 362 Å². The van der Waals surface area contributed by atoms with Crippen molar-refractivity contribution in [3.63, 3.8) is 0 Å². The molecule has 0 aliphatic carbocycles. The molecule has 2 aromatic heterocycles. The molecule has 36 nitrogen and oxygen atoms in total. The van der Waals surface area contributed by atoms with E-state index < -0.39 is 51.6 Å². The molecule has 147 heavy (non-hydrogen) atoms. The molecule has 9 heterocycles. The maximum atomic E-state index is 12.2. The van der Waals surface area contributed by atoms with E-state index in [4.69, 9.17) is 89.4 Å². The minimum absolute atomic E-state index is 0.00503. The molecule has 9 rings (SSSR count). The molecule has 7 aliphatic heterocycles. The van der Waals surface area contributed by atoms with E-state index in [1.54, 1.807) is 52.3 Å². The number of aldehydes is 1. The van der Waals surface area contributed by atoms with Gasteiger partial charge in [0.05, 0.1) is 41.8 Å². The largest absolute Gasteiger partial charge is 0.481 e. The fourth-order valence-electron chi connectivity index (χ4n) is 16.8. The number of piperidine rings is 7. The van der Waals surface area contributed by atoms with Crippen LogP contribution in [0.4, 0.5) is 28.8 Å². The molecule has 3 atom stereocenters. The Balaban J connectivity index is 0. The zero-order chi connectivity index (χ0) is 114. The molecule has 0 radical (unpaired) electrons. The number of nitrogens with two attached hydrogens (primary N) is 1. The predicted octanol–water partition coefficient (Wildman–Crippen LogP) is 20.7. The van der Waals surface area contributed by atoms with E-state index in [-0.39, 0.29) is 101 Å². The Morgan fingerprint density at radius 1 is 0.442 bits per heavy atom. The van der Waals surface area contributed by atoms with E-state index in [9.17, 15) is 67.4 Å². The van der Waals surface area contributed by atoms with Crippen molar-refractivity contribution in [1.82, 2.24) is 63.9 Å². The van der Waals surface area contributed by atoms with Crippen LogP contribution in [0.15, 0.2) is 0 Å². The molecule has 0 aromatic carbocycles. The number of ether oxygens (including phenoxy) is 6. The number of carbonyl (C=O) groups excluding carboxylic acids is 12. The number of nitrogens with one attached hydrogen (secondary N) is 1. The van der Waals surface area contributed by atoms with Crippen LogP contribution in [0.3, 0.4) is 0 Å². The van der Waals surface area contributed by atoms with Crippen LogP contribution in [-0.2, 0) is 92.8 Å². The standard InChI is InChI=1S/C18H31N3O2.C16H29NO4.C16H27NO4.C13H22ClN3.C13H24N2O4.C11H19NO4.C11H19NO3.C5H10O.C2H8N2.CH2Cl2.CH3Cl/c1-7-15-13(3)16(21(8-2)19-15)14-9-11-20(12-10-14)17(22)23-18(4,5)6;2*1-6-13(18)11(2)14(19)12-7-9-17(10-8-12)15(20)21-16(3,4)5;1-4-12-10(3)13(17(5-2)15-12)11-6-8-16(14)9-7-11;1-13(2,3)19-12(17)15-8-6-10(7-9-15)11(16)14(4)18-5;1-11(2,3)16-10(15)12-6-4-8(5-7-12)9(13)14;1-11(2,3)15-10(14)12-6-4-9(8-13)5-7-12;1-3-5(6)4-2;1-2-4-3;2-1-3;1-2/h14H,7-12H2,1-6H3;11-12,14,19H,6-10H2,1-5H3;11-12H,6-10H2,1-5H3;11H,4-9H2,1-3H3;10H,6-9H2,1-5H3;8H,4-7H2,1-3H3,(H,13,14);8-9H,4-7H2,1-3H3;3-4H2,1-2H3;4H,2-3H2,1H3;1H2;1H3. The number of aryl methyl sites for hydroxylation is 4. The first-order valence-corrected chi connectivity index (χ1v) is 55.1. The van der Waals surface area contributed by atoms with E-state index in [1.165, 1.54) is 52.5 Å². The van der Waals surface area contributed by atoms with Gasteiger partial charge in [0, 0.05) is 197 Å². The first-order chi connectivity index (χ1) is 68.3. The van der Waals surface area contributed by atoms with Crippen LogP contribution in [0.25, 0.3) is 0 Å². The number of hydrogen-bond acceptors (Lipinski definition) is 26. The maximum absolute atomic E-state index is 12.2. The number of hydroxylamine groups is 2. The average molecular weight is 2170 g/mol. The van der Waals surface area contributed by atoms with E-state index in [0.29, 0.717) is 160 Å². The summed E-state index contributed by atoms with van der Waals surface area (Å²) in [5.74, 6) is 4.37. The van der Waals surface area contributed by atoms with Crippen molar-refractivity contribution in [3.8, 4) is 0 Å². The van der Waals surface area contributed by atoms with Gasteiger partial charge in [-0.2, -0.15) is 10.2 Å². The molecule has 0 saturated carbocycles. The summed E-state index contributed by atoms with van der Waals surface area (Å²) >= 11 is 20.2. The number of aliphatic hydroxyl groups is 1. The number of hydrazine groups is 1. The summed E-state index contributed by atoms with van der Waals surface area (Å²) in [6, 6.07) is 0. The summed E-state index contributed by atoms with van der Waals surface area (Å²) in [6.45, 7) is 70.8. The number of Topliss-reactive ketones (excluding diaryl/α,β-unsaturated/α-hetero) is 4. The molecule has 5 N–H and O–H groups in total. The Hall–Kier alpha value is -7.71. The summed E-state index contributed by atoms with van der Waals surface area (Å²) < 4.78 is 38.2. The van der Waals surface area contributed by atoms with Crippen molar-refractivity contribution in [2.45, 2.75) is 408 Å². The molecule has 852 valence electrons. The van der Waals surface area contributed by atoms with Gasteiger partial charge in [-0.3, -0.25) is 54.2 Å². The average Bonchev–Trinajstić information content (AvgIpc) is 1.67. The van der Waals surface area contributed by atoms with E-state index in [2.05, 4.69) is 67.9 Å². The number of hydrogen-bond donors (Lipinski definition) is 4. The lowest BCUT2D eigenvalue weighted by Crippen LogP contribution is -2.45. The van der Waals surface area contributed by atoms with Gasteiger partial charge in [-0.05, 0) is 291 Å². The number of carboxylic acids is 1. The molecule has 7 saturated heterocycles. The summed E-state index contributed by atoms with van der Waals surface area (Å²) in [4.78, 5) is 165. The monoisotopic (exact) mass is 2170 g/mol. The normalized spacial score (nSPS) is 17.1. The minimum Gasteiger partial charge on any atom is -0.481 e. The van der Waals surface area contributed by atoms with Gasteiger partial charge in [-0.15, -0.1) is 34.8 Å². The summed E-state index contributed by atoms with van der Waals surface area (Å²) in [7, 11) is 3.07. The second kappa shape index (κ2) is 71.2. The Kier molecular flexibility index (Phi) is 68.5. The van der Waals surface area contributed by atoms with Gasteiger partial charge in [-0.25, -0.2) is 38.2 Å². The fraction of sp³-hybridized carbons (Fsp3) is 0.822. The number of nitrogens with zero attached hydrogens (tertiary/aromatic N) is 12. The van der Waals surface area contributed by atoms with Gasteiger partial charge in [0.25, 0.3) is 0 Å². The van der Waals surface area contributed by atoms with Crippen LogP contribution in [0, 0.1) is 55.3 Å². The van der Waals surface area contributed by atoms with Crippen molar-refractivity contribution in [2.75, 3.05) is 124 Å². The van der Waals surface area contributed by atoms with Crippen LogP contribution >= 0.6 is 46.6 Å². The number of ketones is 4. The lowest BCUT2D eigenvalue weighted by atomic mass is 9.83. The zero-order valence-corrected chi connectivity index (χ0v) is 99.3. The highest BCUT2D eigenvalue weighted by Crippen LogP contribution is 2.36. The third-order valence-electron chi connectivity index (χ3n) is 25.1. The Labute approximate surface area is 901 Å². The number of alkyl halides is 3. The summed E-state index contributed by atoms with van der Waals surface area (Å²) in [6.07, 6.45) is 15.0. The molecule has 7 aliphatic rings. The highest BCUT2D eigenvalue weighted by molar-refractivity contribution is 6.40. The molecule has 3 unspecified atom stereocenters. The number of aliphatic hydroxyl groups excluding tert-OH is 1. The molecule has 7 fully saturated rings. The summed E-state index contributed by atoms with van der Waals surface area (Å²) in [5.41, 5.74) is 7.60. The van der Waals surface area contributed by atoms with Gasteiger partial charge in [0.2, 0.25) is 5.91 Å². The van der Waals surface area contributed by atoms with Gasteiger partial charge in [0.1, 0.15) is 63.0 Å². The first-order valence-electron chi connectivity index (χ1n) is 53.0. The van der Waals surface area contributed by atoms with Crippen LogP contribution < -0.4 is 11.3 Å². The van der Waals surface area contributed by atoms with E-state index in [0.717, 1.165) is 103 Å². The number of amides is 7. The number of aromatic nitrogens is 4. The van der Waals surface area contributed by atoms with Crippen LogP contribution in [-0.4, -0.2) is 310 Å². The molecular formula is C107H194Cl4N14O22. The topological polar surface area (TPSA) is 427 Å². The van der Waals surface area contributed by atoms with Crippen molar-refractivity contribution in [3.05, 3.63) is 33.9 Å². The Morgan fingerprint density at radius 3 is 0.946 bits per heavy atom. The van der Waals surface area contributed by atoms with Crippen LogP contribution in [0.5, 0.6) is 0 Å². The number of carboxylic acid groups (broad SMARTS) is 1. The van der Waals surface area contributed by atoms with Crippen molar-refractivity contribution < 1.29 is 106 Å². The highest BCUT2D eigenvalue weighted by Gasteiger charge is 2.40. The fourth-order valence-corrected chi connectivity index (χ4v) is 17.0. The molecule has 40 heteroatoms. The lowest BCUT2D eigenvalue weighted by molar-refractivity contribution is -0.174. The number of carbonyl (C=O) groups is 13. The molecule has 0 spiro atoms. The van der Waals surface area contributed by atoms with Gasteiger partial charge >= 0.3 is 42.5 Å². The van der Waals surface area contributed by atoms with Crippen molar-refractivity contribution in [2.24, 2.45) is 47.3 Å². The van der Waals surface area contributed by atoms with Crippen molar-refractivity contribution in [1.29, 1.82) is 0 Å². The smallest absolute Gasteiger partial charge is 0.410 e. The third-order valence-corrected chi connectivity index (χ3v) is 25.4. The first kappa shape index (κ1) is 141. The van der Waals surface area contributed by atoms with Gasteiger partial charge in [0.15, 0.2) is 0 Å². The molecular weight excluding hydrogens is 1980 g/mol. The Bertz CT molecular complexity index is 4170. The van der Waals surface area contributed by atoms with E-state index >= 15 is 0 Å². The van der Waals surface area contributed by atoms with Gasteiger partial charge in [-0.1, -0.05) is 55.4 Å². The number of halogens is 4. The zero-order valence-electron chi connectivity index (χ0n) is 96.2. The number of likely N-dealkylation sites (tertiary alicyclic amines) is 6. The molecule has 0 bridgehead atoms. The molecule has 2 aromatic rings. The van der Waals surface area contributed by atoms with Gasteiger partial charge < -0.3 is 72.8 Å². The quantitative estimate of drug-likeness (QED) is 0.0171. The van der Waals surface area contributed by atoms with Crippen molar-refractivity contribution >= 4 is 124 Å². The van der Waals surface area contributed by atoms with Crippen LogP contribution in [0.2, 0.25) is 0 Å². The summed E-state index contributed by atoms with van der Waals surface area (Å²) in [5, 5.41) is 30.0. The molecule has 7 amide bonds. The SMILES string of the molecule is CC(C)(C)OC(=O)N1CCC(C(=O)O)CC1.CC(C)(C)OC(=O)N1CCC(C=O)CC1.CCC(=O)C(C)C(=O)C1CCN(C(=O)OC(C)(C)C)CC1.CCC(=O)C(C)C(O)C1CCN(C(=O)OC(C)(C)C)CC1.CCC(=O)CC.CCNN.CCc1nn(CC)c(C2CCN(C(=O)OC(C)(C)C)CC2)c1C.CCc1nn(CC)c(C2CCN(Cl)CC2)c1C.CCl.CON(C)C(=O)C1CCN(C(=O)OC(C)(C)C)CC1.ClCCl. The third kappa shape index (κ3) is 56.5. The highest BCUT2D eigenvalue weighted by atomic mass is 35.5. The number of aliphatic carboxylic acids is 1. The predicted molar refractivity (Wildman–Crippen MR) is 581 cm³/mol. The second-order valence-electron chi connectivity index (χ2n) is 43.5. The second-order valence-corrected chi connectivity index (χ2v) is 44.7. The minimum atomic E-state index is -0.774. The van der Waals surface area contributed by atoms with E-state index in [1.807, 2.05) is 162 Å². The lowest BCUT2D eigenvalue weighted by Gasteiger charge is -2.36.